The Kier molecular flexibility index (Phi) is 5.22. The average Bonchev–Trinajstić information content (AvgIpc) is 3.22. The number of nitrogens with zero attached hydrogens (tertiary/aromatic N) is 2. The molecule has 2 heterocycles. The van der Waals surface area contributed by atoms with Gasteiger partial charge in [-0.2, -0.15) is 0 Å². The van der Waals surface area contributed by atoms with Gasteiger partial charge in [0.15, 0.2) is 5.13 Å². The molecule has 7 heteroatoms. The smallest absolute Gasteiger partial charge is 0.269 e. The zero-order valence-corrected chi connectivity index (χ0v) is 17.0. The van der Waals surface area contributed by atoms with Crippen LogP contribution in [0, 0.1) is 13.8 Å². The number of nitrogens with one attached hydrogen (secondary N) is 1. The van der Waals surface area contributed by atoms with Gasteiger partial charge in [0.05, 0.1) is 11.4 Å². The molecule has 0 fully saturated rings. The van der Waals surface area contributed by atoms with Crippen molar-refractivity contribution in [1.82, 2.24) is 9.97 Å². The fourth-order valence-electron chi connectivity index (χ4n) is 3.13. The largest absolute Gasteiger partial charge is 0.486 e. The summed E-state index contributed by atoms with van der Waals surface area (Å²) in [7, 11) is 0. The van der Waals surface area contributed by atoms with Crippen LogP contribution in [0.3, 0.4) is 0 Å². The van der Waals surface area contributed by atoms with E-state index in [4.69, 9.17) is 4.74 Å². The van der Waals surface area contributed by atoms with Crippen LogP contribution in [0.15, 0.2) is 24.3 Å². The fraction of sp³-hybridized carbons (Fsp3) is 0.350. The first kappa shape index (κ1) is 18.1. The number of hydrogen-bond donors (Lipinski definition) is 1. The first-order chi connectivity index (χ1) is 13.1. The van der Waals surface area contributed by atoms with Crippen molar-refractivity contribution in [2.75, 3.05) is 5.32 Å². The highest BCUT2D eigenvalue weighted by Crippen LogP contribution is 2.30. The van der Waals surface area contributed by atoms with E-state index in [-0.39, 0.29) is 5.91 Å². The molecule has 0 saturated heterocycles. The van der Waals surface area contributed by atoms with Gasteiger partial charge in [-0.3, -0.25) is 10.1 Å². The molecular weight excluding hydrogens is 378 g/mol. The summed E-state index contributed by atoms with van der Waals surface area (Å²) in [4.78, 5) is 23.7. The molecule has 0 aliphatic heterocycles. The second kappa shape index (κ2) is 7.78. The molecule has 1 N–H and O–H groups in total. The average molecular weight is 400 g/mol. The minimum Gasteiger partial charge on any atom is -0.486 e. The van der Waals surface area contributed by atoms with Crippen LogP contribution in [0.5, 0.6) is 5.75 Å². The van der Waals surface area contributed by atoms with Gasteiger partial charge in [-0.15, -0.1) is 22.7 Å². The van der Waals surface area contributed by atoms with E-state index in [0.29, 0.717) is 16.6 Å². The number of aromatic nitrogens is 2. The quantitative estimate of drug-likeness (QED) is 0.661. The molecule has 140 valence electrons. The molecule has 2 aromatic heterocycles. The van der Waals surface area contributed by atoms with Gasteiger partial charge in [0.2, 0.25) is 0 Å². The minimum absolute atomic E-state index is 0.141. The molecule has 0 atom stereocenters. The molecule has 1 aliphatic carbocycles. The zero-order chi connectivity index (χ0) is 18.8. The normalized spacial score (nSPS) is 13.3. The second-order valence-corrected chi connectivity index (χ2v) is 8.84. The molecule has 0 saturated carbocycles. The standard InChI is InChI=1S/C20H21N3O2S2/c1-12-6-5-7-14(10-12)25-11-17-21-13(2)18(27-17)19(24)23-20-22-15-8-3-4-9-16(15)26-20/h5-7,10H,3-4,8-9,11H2,1-2H3,(H,22,23,24). The minimum atomic E-state index is -0.141. The van der Waals surface area contributed by atoms with Crippen molar-refractivity contribution in [3.63, 3.8) is 0 Å². The third-order valence-corrected chi connectivity index (χ3v) is 6.67. The lowest BCUT2D eigenvalue weighted by Gasteiger charge is -2.06. The monoisotopic (exact) mass is 399 g/mol. The predicted octanol–water partition coefficient (Wildman–Crippen LogP) is 4.93. The Labute approximate surface area is 166 Å². The zero-order valence-electron chi connectivity index (χ0n) is 15.4. The molecule has 0 bridgehead atoms. The number of carbonyl (C=O) groups is 1. The SMILES string of the molecule is Cc1cccc(OCc2nc(C)c(C(=O)Nc3nc4c(s3)CCCC4)s2)c1. The molecule has 0 spiro atoms. The van der Waals surface area contributed by atoms with E-state index in [9.17, 15) is 4.79 Å². The van der Waals surface area contributed by atoms with Crippen LogP contribution in [-0.4, -0.2) is 15.9 Å². The lowest BCUT2D eigenvalue weighted by molar-refractivity contribution is 0.103. The Balaban J connectivity index is 1.42. The molecule has 4 rings (SSSR count). The topological polar surface area (TPSA) is 64.1 Å². The molecule has 27 heavy (non-hydrogen) atoms. The van der Waals surface area contributed by atoms with E-state index in [1.165, 1.54) is 29.1 Å². The van der Waals surface area contributed by atoms with Crippen molar-refractivity contribution < 1.29 is 9.53 Å². The molecule has 0 radical (unpaired) electrons. The van der Waals surface area contributed by atoms with Crippen LogP contribution in [0.4, 0.5) is 5.13 Å². The van der Waals surface area contributed by atoms with Gasteiger partial charge >= 0.3 is 0 Å². The number of ether oxygens (including phenoxy) is 1. The molecule has 3 aromatic rings. The number of benzene rings is 1. The van der Waals surface area contributed by atoms with E-state index < -0.39 is 0 Å². The van der Waals surface area contributed by atoms with Crippen molar-refractivity contribution in [2.45, 2.75) is 46.1 Å². The highest BCUT2D eigenvalue weighted by atomic mass is 32.1. The van der Waals surface area contributed by atoms with Gasteiger partial charge in [0.1, 0.15) is 22.2 Å². The Bertz CT molecular complexity index is 954. The fourth-order valence-corrected chi connectivity index (χ4v) is 5.05. The van der Waals surface area contributed by atoms with E-state index in [1.807, 2.05) is 38.1 Å². The molecule has 1 aliphatic rings. The Morgan fingerprint density at radius 2 is 2.04 bits per heavy atom. The number of rotatable bonds is 5. The van der Waals surface area contributed by atoms with Gasteiger partial charge in [0.25, 0.3) is 5.91 Å². The maximum absolute atomic E-state index is 12.7. The number of carbonyl (C=O) groups excluding carboxylic acids is 1. The number of hydrogen-bond acceptors (Lipinski definition) is 6. The Morgan fingerprint density at radius 1 is 1.19 bits per heavy atom. The summed E-state index contributed by atoms with van der Waals surface area (Å²) in [5, 5.41) is 4.43. The van der Waals surface area contributed by atoms with Crippen LogP contribution < -0.4 is 10.1 Å². The second-order valence-electron chi connectivity index (χ2n) is 6.68. The first-order valence-corrected chi connectivity index (χ1v) is 10.7. The number of fused-ring (bicyclic) bond motifs is 1. The van der Waals surface area contributed by atoms with Crippen LogP contribution in [0.25, 0.3) is 0 Å². The van der Waals surface area contributed by atoms with E-state index in [2.05, 4.69) is 15.3 Å². The summed E-state index contributed by atoms with van der Waals surface area (Å²) < 4.78 is 5.80. The van der Waals surface area contributed by atoms with E-state index in [0.717, 1.165) is 40.6 Å². The van der Waals surface area contributed by atoms with Crippen molar-refractivity contribution in [3.05, 3.63) is 56.0 Å². The predicted molar refractivity (Wildman–Crippen MR) is 109 cm³/mol. The summed E-state index contributed by atoms with van der Waals surface area (Å²) in [6.07, 6.45) is 4.48. The van der Waals surface area contributed by atoms with Crippen molar-refractivity contribution in [2.24, 2.45) is 0 Å². The molecule has 1 aromatic carbocycles. The van der Waals surface area contributed by atoms with E-state index in [1.54, 1.807) is 11.3 Å². The van der Waals surface area contributed by atoms with Crippen LogP contribution in [0.1, 0.15) is 49.3 Å². The summed E-state index contributed by atoms with van der Waals surface area (Å²) >= 11 is 2.97. The summed E-state index contributed by atoms with van der Waals surface area (Å²) in [5.41, 5.74) is 3.02. The number of aryl methyl sites for hydroxylation is 4. The Hall–Kier alpha value is -2.25. The summed E-state index contributed by atoms with van der Waals surface area (Å²) in [5.74, 6) is 0.667. The third kappa shape index (κ3) is 4.20. The van der Waals surface area contributed by atoms with Crippen molar-refractivity contribution >= 4 is 33.7 Å². The lowest BCUT2D eigenvalue weighted by Crippen LogP contribution is -2.11. The third-order valence-electron chi connectivity index (χ3n) is 4.47. The highest BCUT2D eigenvalue weighted by molar-refractivity contribution is 7.16. The van der Waals surface area contributed by atoms with Crippen LogP contribution in [0.2, 0.25) is 0 Å². The van der Waals surface area contributed by atoms with Gasteiger partial charge < -0.3 is 4.74 Å². The number of amides is 1. The lowest BCUT2D eigenvalue weighted by atomic mass is 10.0. The maximum Gasteiger partial charge on any atom is 0.269 e. The highest BCUT2D eigenvalue weighted by Gasteiger charge is 2.20. The first-order valence-electron chi connectivity index (χ1n) is 9.04. The van der Waals surface area contributed by atoms with Gasteiger partial charge in [0, 0.05) is 4.88 Å². The van der Waals surface area contributed by atoms with Crippen LogP contribution in [-0.2, 0) is 19.4 Å². The summed E-state index contributed by atoms with van der Waals surface area (Å²) in [6.45, 7) is 4.24. The van der Waals surface area contributed by atoms with E-state index >= 15 is 0 Å². The van der Waals surface area contributed by atoms with Crippen molar-refractivity contribution in [3.8, 4) is 5.75 Å². The van der Waals surface area contributed by atoms with Gasteiger partial charge in [-0.1, -0.05) is 12.1 Å². The maximum atomic E-state index is 12.7. The number of thiazole rings is 2. The van der Waals surface area contributed by atoms with Gasteiger partial charge in [-0.05, 0) is 57.2 Å². The van der Waals surface area contributed by atoms with Crippen LogP contribution >= 0.6 is 22.7 Å². The van der Waals surface area contributed by atoms with Gasteiger partial charge in [-0.25, -0.2) is 9.97 Å². The molecule has 0 unspecified atom stereocenters. The molecule has 5 nitrogen and oxygen atoms in total. The summed E-state index contributed by atoms with van der Waals surface area (Å²) in [6, 6.07) is 7.90. The molecule has 1 amide bonds. The molecular formula is C20H21N3O2S2. The van der Waals surface area contributed by atoms with Crippen molar-refractivity contribution in [1.29, 1.82) is 0 Å². The Morgan fingerprint density at radius 3 is 2.85 bits per heavy atom. The number of anilines is 1.